The Bertz CT molecular complexity index is 193. The maximum atomic E-state index is 9.16. The summed E-state index contributed by atoms with van der Waals surface area (Å²) in [5.41, 5.74) is 0. The van der Waals surface area contributed by atoms with Crippen molar-refractivity contribution in [1.29, 1.82) is 0 Å². The highest BCUT2D eigenvalue weighted by atomic mass is 16.7. The van der Waals surface area contributed by atoms with Gasteiger partial charge in [0.15, 0.2) is 6.29 Å². The van der Waals surface area contributed by atoms with Gasteiger partial charge in [-0.05, 0) is 20.3 Å². The number of hydrogen-bond donors (Lipinski definition) is 1. The van der Waals surface area contributed by atoms with Gasteiger partial charge in [0.1, 0.15) is 12.2 Å². The maximum absolute atomic E-state index is 9.16. The minimum absolute atomic E-state index is 0.0359. The molecule has 15 heavy (non-hydrogen) atoms. The van der Waals surface area contributed by atoms with Crippen LogP contribution in [0.5, 0.6) is 0 Å². The largest absolute Gasteiger partial charge is 0.496 e. The van der Waals surface area contributed by atoms with E-state index in [1.54, 1.807) is 6.26 Å². The van der Waals surface area contributed by atoms with Crippen molar-refractivity contribution in [3.05, 3.63) is 12.3 Å². The van der Waals surface area contributed by atoms with E-state index in [-0.39, 0.29) is 25.1 Å². The molecule has 1 fully saturated rings. The van der Waals surface area contributed by atoms with Gasteiger partial charge in [0.2, 0.25) is 0 Å². The number of allylic oxidation sites excluding steroid dienone is 1. The molecule has 1 rings (SSSR count). The summed E-state index contributed by atoms with van der Waals surface area (Å²) in [5, 5.41) is 9.16. The van der Waals surface area contributed by atoms with Crippen molar-refractivity contribution in [3.63, 3.8) is 0 Å². The number of rotatable bonds is 5. The Morgan fingerprint density at radius 1 is 1.47 bits per heavy atom. The predicted octanol–water partition coefficient (Wildman–Crippen LogP) is 1.44. The number of aliphatic hydroxyl groups is 1. The zero-order valence-corrected chi connectivity index (χ0v) is 9.39. The molecular weight excluding hydrogens is 196 g/mol. The Labute approximate surface area is 90.8 Å². The monoisotopic (exact) mass is 216 g/mol. The molecule has 1 N–H and O–H groups in total. The SMILES string of the molecule is C/C=C\O[C@H]1CC[C@@H](OCC)O[C@@H]1CO. The van der Waals surface area contributed by atoms with E-state index in [0.29, 0.717) is 6.61 Å². The Balaban J connectivity index is 2.41. The molecule has 1 aliphatic heterocycles. The van der Waals surface area contributed by atoms with Crippen LogP contribution in [0.25, 0.3) is 0 Å². The average molecular weight is 216 g/mol. The van der Waals surface area contributed by atoms with Gasteiger partial charge in [-0.15, -0.1) is 0 Å². The fourth-order valence-corrected chi connectivity index (χ4v) is 1.64. The van der Waals surface area contributed by atoms with Crippen LogP contribution in [0, 0.1) is 0 Å². The highest BCUT2D eigenvalue weighted by Crippen LogP contribution is 2.22. The molecule has 0 aromatic rings. The Kier molecular flexibility index (Phi) is 5.68. The summed E-state index contributed by atoms with van der Waals surface area (Å²) in [6.45, 7) is 4.41. The summed E-state index contributed by atoms with van der Waals surface area (Å²) in [6.07, 6.45) is 4.57. The summed E-state index contributed by atoms with van der Waals surface area (Å²) >= 11 is 0. The highest BCUT2D eigenvalue weighted by Gasteiger charge is 2.31. The molecule has 0 bridgehead atoms. The van der Waals surface area contributed by atoms with Crippen molar-refractivity contribution >= 4 is 0 Å². The molecule has 0 radical (unpaired) electrons. The highest BCUT2D eigenvalue weighted by molar-refractivity contribution is 4.79. The quantitative estimate of drug-likeness (QED) is 0.706. The van der Waals surface area contributed by atoms with Crippen LogP contribution in [0.15, 0.2) is 12.3 Å². The predicted molar refractivity (Wildman–Crippen MR) is 56.3 cm³/mol. The van der Waals surface area contributed by atoms with Crippen LogP contribution in [0.2, 0.25) is 0 Å². The van der Waals surface area contributed by atoms with E-state index < -0.39 is 0 Å². The summed E-state index contributed by atoms with van der Waals surface area (Å²) < 4.78 is 16.4. The Hall–Kier alpha value is -0.580. The lowest BCUT2D eigenvalue weighted by Crippen LogP contribution is -2.42. The molecule has 0 saturated carbocycles. The Morgan fingerprint density at radius 2 is 2.27 bits per heavy atom. The first-order chi connectivity index (χ1) is 7.31. The third kappa shape index (κ3) is 3.81. The lowest BCUT2D eigenvalue weighted by Gasteiger charge is -2.34. The summed E-state index contributed by atoms with van der Waals surface area (Å²) in [5.74, 6) is 0. The van der Waals surface area contributed by atoms with Gasteiger partial charge in [-0.25, -0.2) is 0 Å². The molecule has 88 valence electrons. The van der Waals surface area contributed by atoms with Crippen LogP contribution in [0.1, 0.15) is 26.7 Å². The zero-order chi connectivity index (χ0) is 11.1. The summed E-state index contributed by atoms with van der Waals surface area (Å²) in [4.78, 5) is 0. The smallest absolute Gasteiger partial charge is 0.158 e. The number of ether oxygens (including phenoxy) is 3. The molecule has 0 spiro atoms. The van der Waals surface area contributed by atoms with Crippen molar-refractivity contribution < 1.29 is 19.3 Å². The van der Waals surface area contributed by atoms with E-state index >= 15 is 0 Å². The van der Waals surface area contributed by atoms with E-state index in [2.05, 4.69) is 0 Å². The molecule has 0 aromatic carbocycles. The molecule has 1 aliphatic rings. The molecule has 4 nitrogen and oxygen atoms in total. The first kappa shape index (κ1) is 12.5. The van der Waals surface area contributed by atoms with Gasteiger partial charge in [0.05, 0.1) is 12.9 Å². The molecule has 4 heteroatoms. The molecule has 0 aromatic heterocycles. The van der Waals surface area contributed by atoms with Crippen molar-refractivity contribution in [2.24, 2.45) is 0 Å². The zero-order valence-electron chi connectivity index (χ0n) is 9.39. The summed E-state index contributed by atoms with van der Waals surface area (Å²) in [6, 6.07) is 0. The van der Waals surface area contributed by atoms with E-state index in [4.69, 9.17) is 19.3 Å². The van der Waals surface area contributed by atoms with E-state index in [1.165, 1.54) is 0 Å². The first-order valence-electron chi connectivity index (χ1n) is 5.46. The minimum Gasteiger partial charge on any atom is -0.496 e. The second kappa shape index (κ2) is 6.82. The van der Waals surface area contributed by atoms with E-state index in [1.807, 2.05) is 19.9 Å². The normalized spacial score (nSPS) is 32.1. The number of aliphatic hydroxyl groups excluding tert-OH is 1. The van der Waals surface area contributed by atoms with Crippen LogP contribution in [0.4, 0.5) is 0 Å². The van der Waals surface area contributed by atoms with Crippen LogP contribution in [-0.2, 0) is 14.2 Å². The molecule has 0 amide bonds. The van der Waals surface area contributed by atoms with E-state index in [9.17, 15) is 0 Å². The number of hydrogen-bond acceptors (Lipinski definition) is 4. The third-order valence-corrected chi connectivity index (χ3v) is 2.35. The van der Waals surface area contributed by atoms with E-state index in [0.717, 1.165) is 12.8 Å². The molecule has 1 heterocycles. The van der Waals surface area contributed by atoms with Crippen molar-refractivity contribution in [1.82, 2.24) is 0 Å². The molecule has 1 saturated heterocycles. The van der Waals surface area contributed by atoms with Gasteiger partial charge in [-0.2, -0.15) is 0 Å². The molecule has 3 atom stereocenters. The molecular formula is C11H20O4. The van der Waals surface area contributed by atoms with Gasteiger partial charge in [0, 0.05) is 13.0 Å². The third-order valence-electron chi connectivity index (χ3n) is 2.35. The van der Waals surface area contributed by atoms with Crippen molar-refractivity contribution in [2.45, 2.75) is 45.2 Å². The molecule has 0 unspecified atom stereocenters. The lowest BCUT2D eigenvalue weighted by atomic mass is 10.1. The van der Waals surface area contributed by atoms with Crippen LogP contribution in [0.3, 0.4) is 0 Å². The van der Waals surface area contributed by atoms with Crippen LogP contribution in [-0.4, -0.2) is 36.8 Å². The van der Waals surface area contributed by atoms with Crippen LogP contribution < -0.4 is 0 Å². The fraction of sp³-hybridized carbons (Fsp3) is 0.818. The van der Waals surface area contributed by atoms with Gasteiger partial charge < -0.3 is 19.3 Å². The van der Waals surface area contributed by atoms with Crippen LogP contribution >= 0.6 is 0 Å². The Morgan fingerprint density at radius 3 is 2.87 bits per heavy atom. The van der Waals surface area contributed by atoms with Crippen molar-refractivity contribution in [2.75, 3.05) is 13.2 Å². The van der Waals surface area contributed by atoms with Crippen molar-refractivity contribution in [3.8, 4) is 0 Å². The van der Waals surface area contributed by atoms with Gasteiger partial charge >= 0.3 is 0 Å². The minimum atomic E-state index is -0.286. The fourth-order valence-electron chi connectivity index (χ4n) is 1.64. The average Bonchev–Trinajstić information content (AvgIpc) is 2.27. The van der Waals surface area contributed by atoms with Gasteiger partial charge in [-0.3, -0.25) is 0 Å². The summed E-state index contributed by atoms with van der Waals surface area (Å²) in [7, 11) is 0. The lowest BCUT2D eigenvalue weighted by molar-refractivity contribution is -0.228. The second-order valence-electron chi connectivity index (χ2n) is 3.46. The maximum Gasteiger partial charge on any atom is 0.158 e. The van der Waals surface area contributed by atoms with Gasteiger partial charge in [0.25, 0.3) is 0 Å². The standard InChI is InChI=1S/C11H20O4/c1-3-7-14-9-5-6-11(13-4-2)15-10(9)8-12/h3,7,9-12H,4-6,8H2,1-2H3/b7-3-/t9-,10+,11-/m0/s1. The molecule has 0 aliphatic carbocycles. The second-order valence-corrected chi connectivity index (χ2v) is 3.46. The van der Waals surface area contributed by atoms with Gasteiger partial charge in [-0.1, -0.05) is 6.08 Å². The first-order valence-corrected chi connectivity index (χ1v) is 5.46. The topological polar surface area (TPSA) is 47.9 Å².